The van der Waals surface area contributed by atoms with E-state index in [9.17, 15) is 4.79 Å². The Hall–Kier alpha value is -3.16. The van der Waals surface area contributed by atoms with Gasteiger partial charge in [0, 0.05) is 36.5 Å². The Balaban J connectivity index is 1.39. The van der Waals surface area contributed by atoms with Crippen molar-refractivity contribution >= 4 is 23.2 Å². The van der Waals surface area contributed by atoms with Gasteiger partial charge in [-0.3, -0.25) is 4.79 Å². The molecule has 0 radical (unpaired) electrons. The van der Waals surface area contributed by atoms with Crippen LogP contribution in [0.1, 0.15) is 38.8 Å². The molecule has 4 rings (SSSR count). The van der Waals surface area contributed by atoms with E-state index in [-0.39, 0.29) is 11.8 Å². The third kappa shape index (κ3) is 4.37. The smallest absolute Gasteiger partial charge is 0.254 e. The summed E-state index contributed by atoms with van der Waals surface area (Å²) in [7, 11) is 0. The van der Waals surface area contributed by atoms with E-state index in [2.05, 4.69) is 38.3 Å². The van der Waals surface area contributed by atoms with Crippen LogP contribution in [0.3, 0.4) is 0 Å². The van der Waals surface area contributed by atoms with E-state index < -0.39 is 0 Å². The minimum atomic E-state index is -0.00370. The summed E-state index contributed by atoms with van der Waals surface area (Å²) in [6.07, 6.45) is 5.08. The van der Waals surface area contributed by atoms with Crippen LogP contribution in [0.2, 0.25) is 0 Å². The van der Waals surface area contributed by atoms with Gasteiger partial charge in [-0.1, -0.05) is 13.3 Å². The Morgan fingerprint density at radius 3 is 2.67 bits per heavy atom. The molecule has 0 aliphatic carbocycles. The minimum absolute atomic E-state index is 0.00370. The minimum Gasteiger partial charge on any atom is -0.494 e. The number of rotatable bonds is 7. The Bertz CT molecular complexity index is 993. The molecule has 0 unspecified atom stereocenters. The maximum Gasteiger partial charge on any atom is 0.254 e. The van der Waals surface area contributed by atoms with Crippen molar-refractivity contribution in [1.82, 2.24) is 19.6 Å². The first-order valence-corrected chi connectivity index (χ1v) is 10.7. The second-order valence-electron chi connectivity index (χ2n) is 7.54. The van der Waals surface area contributed by atoms with Gasteiger partial charge in [0.05, 0.1) is 6.61 Å². The van der Waals surface area contributed by atoms with Crippen LogP contribution in [0, 0.1) is 5.92 Å². The highest BCUT2D eigenvalue weighted by Crippen LogP contribution is 2.25. The zero-order chi connectivity index (χ0) is 20.9. The Morgan fingerprint density at radius 2 is 1.97 bits per heavy atom. The fourth-order valence-corrected chi connectivity index (χ4v) is 3.87. The lowest BCUT2D eigenvalue weighted by molar-refractivity contribution is -0.120. The van der Waals surface area contributed by atoms with Gasteiger partial charge in [0.2, 0.25) is 5.91 Å². The number of nitrogens with one attached hydrogen (secondary N) is 1. The molecule has 1 aliphatic rings. The van der Waals surface area contributed by atoms with Gasteiger partial charge in [-0.05, 0) is 50.5 Å². The number of carbonyl (C=O) groups is 1. The molecule has 30 heavy (non-hydrogen) atoms. The van der Waals surface area contributed by atoms with Gasteiger partial charge in [-0.2, -0.15) is 14.6 Å². The molecule has 3 aromatic rings. The van der Waals surface area contributed by atoms with Crippen molar-refractivity contribution in [2.45, 2.75) is 39.5 Å². The molecular formula is C22H28N6O2. The lowest BCUT2D eigenvalue weighted by Crippen LogP contribution is -2.39. The number of hydrogen-bond donors (Lipinski definition) is 1. The van der Waals surface area contributed by atoms with E-state index in [0.29, 0.717) is 12.4 Å². The van der Waals surface area contributed by atoms with E-state index in [0.717, 1.165) is 61.7 Å². The van der Waals surface area contributed by atoms with Crippen LogP contribution in [0.4, 0.5) is 11.5 Å². The molecule has 0 saturated carbocycles. The zero-order valence-corrected chi connectivity index (χ0v) is 17.5. The van der Waals surface area contributed by atoms with Crippen molar-refractivity contribution in [1.29, 1.82) is 0 Å². The molecule has 1 fully saturated rings. The van der Waals surface area contributed by atoms with Gasteiger partial charge in [0.15, 0.2) is 0 Å². The average molecular weight is 409 g/mol. The number of benzene rings is 1. The summed E-state index contributed by atoms with van der Waals surface area (Å²) in [6.45, 7) is 6.32. The summed E-state index contributed by atoms with van der Waals surface area (Å²) in [6, 6.07) is 9.62. The molecule has 8 heteroatoms. The van der Waals surface area contributed by atoms with Crippen LogP contribution in [-0.2, 0) is 11.2 Å². The summed E-state index contributed by atoms with van der Waals surface area (Å²) < 4.78 is 7.24. The number of piperidine rings is 1. The Labute approximate surface area is 176 Å². The predicted molar refractivity (Wildman–Crippen MR) is 116 cm³/mol. The molecule has 1 aromatic carbocycles. The van der Waals surface area contributed by atoms with Gasteiger partial charge >= 0.3 is 0 Å². The zero-order valence-electron chi connectivity index (χ0n) is 17.5. The first kappa shape index (κ1) is 20.1. The number of anilines is 2. The third-order valence-corrected chi connectivity index (χ3v) is 5.41. The maximum atomic E-state index is 12.7. The number of amides is 1. The van der Waals surface area contributed by atoms with Crippen LogP contribution in [0.15, 0.2) is 36.7 Å². The predicted octanol–water partition coefficient (Wildman–Crippen LogP) is 3.33. The van der Waals surface area contributed by atoms with E-state index in [4.69, 9.17) is 4.74 Å². The average Bonchev–Trinajstić information content (AvgIpc) is 3.24. The highest BCUT2D eigenvalue weighted by Gasteiger charge is 2.27. The monoisotopic (exact) mass is 408 g/mol. The number of ether oxygens (including phenoxy) is 1. The largest absolute Gasteiger partial charge is 0.494 e. The van der Waals surface area contributed by atoms with Crippen molar-refractivity contribution in [3.05, 3.63) is 42.4 Å². The number of aromatic nitrogens is 4. The fourth-order valence-electron chi connectivity index (χ4n) is 3.87. The van der Waals surface area contributed by atoms with E-state index in [1.165, 1.54) is 0 Å². The summed E-state index contributed by atoms with van der Waals surface area (Å²) >= 11 is 0. The summed E-state index contributed by atoms with van der Waals surface area (Å²) in [5.41, 5.74) is 1.83. The van der Waals surface area contributed by atoms with Crippen molar-refractivity contribution < 1.29 is 9.53 Å². The maximum absolute atomic E-state index is 12.7. The standard InChI is InChI=1S/C22H28N6O2/c1-3-5-18-14-20(28-22(26-18)23-15-24-28)27-12-10-16(11-13-27)21(29)25-17-6-8-19(9-7-17)30-4-2/h6-9,14-16H,3-5,10-13H2,1-2H3,(H,25,29). The topological polar surface area (TPSA) is 84.7 Å². The first-order chi connectivity index (χ1) is 14.7. The molecule has 0 atom stereocenters. The van der Waals surface area contributed by atoms with Crippen LogP contribution in [0.25, 0.3) is 5.78 Å². The van der Waals surface area contributed by atoms with Gasteiger partial charge in [-0.15, -0.1) is 0 Å². The molecule has 1 saturated heterocycles. The number of carbonyl (C=O) groups excluding carboxylic acids is 1. The van der Waals surface area contributed by atoms with E-state index >= 15 is 0 Å². The van der Waals surface area contributed by atoms with E-state index in [1.807, 2.05) is 31.2 Å². The van der Waals surface area contributed by atoms with Crippen molar-refractivity contribution in [2.75, 3.05) is 29.9 Å². The molecular weight excluding hydrogens is 380 g/mol. The number of nitrogens with zero attached hydrogens (tertiary/aromatic N) is 5. The SMILES string of the molecule is CCCc1cc(N2CCC(C(=O)Nc3ccc(OCC)cc3)CC2)n2ncnc2n1. The van der Waals surface area contributed by atoms with Crippen molar-refractivity contribution in [2.24, 2.45) is 5.92 Å². The molecule has 1 aliphatic heterocycles. The number of hydrogen-bond acceptors (Lipinski definition) is 6. The molecule has 8 nitrogen and oxygen atoms in total. The van der Waals surface area contributed by atoms with Crippen LogP contribution in [0.5, 0.6) is 5.75 Å². The van der Waals surface area contributed by atoms with Crippen LogP contribution in [-0.4, -0.2) is 45.2 Å². The van der Waals surface area contributed by atoms with Gasteiger partial charge in [0.25, 0.3) is 5.78 Å². The molecule has 1 N–H and O–H groups in total. The summed E-state index contributed by atoms with van der Waals surface area (Å²) in [5.74, 6) is 2.52. The number of fused-ring (bicyclic) bond motifs is 1. The quantitative estimate of drug-likeness (QED) is 0.646. The molecule has 0 bridgehead atoms. The Kier molecular flexibility index (Phi) is 6.11. The van der Waals surface area contributed by atoms with Crippen LogP contribution < -0.4 is 15.0 Å². The van der Waals surface area contributed by atoms with Crippen molar-refractivity contribution in [3.63, 3.8) is 0 Å². The summed E-state index contributed by atoms with van der Waals surface area (Å²) in [4.78, 5) is 23.9. The lowest BCUT2D eigenvalue weighted by Gasteiger charge is -2.33. The Morgan fingerprint density at radius 1 is 1.20 bits per heavy atom. The summed E-state index contributed by atoms with van der Waals surface area (Å²) in [5, 5.41) is 7.37. The highest BCUT2D eigenvalue weighted by molar-refractivity contribution is 5.92. The number of aryl methyl sites for hydroxylation is 1. The molecule has 158 valence electrons. The third-order valence-electron chi connectivity index (χ3n) is 5.41. The molecule has 0 spiro atoms. The van der Waals surface area contributed by atoms with Gasteiger partial charge < -0.3 is 15.0 Å². The van der Waals surface area contributed by atoms with Gasteiger partial charge in [-0.25, -0.2) is 4.98 Å². The molecule has 2 aromatic heterocycles. The normalized spacial score (nSPS) is 14.8. The first-order valence-electron chi connectivity index (χ1n) is 10.7. The second-order valence-corrected chi connectivity index (χ2v) is 7.54. The molecule has 1 amide bonds. The molecule has 3 heterocycles. The van der Waals surface area contributed by atoms with Crippen LogP contribution >= 0.6 is 0 Å². The highest BCUT2D eigenvalue weighted by atomic mass is 16.5. The fraction of sp³-hybridized carbons (Fsp3) is 0.455. The van der Waals surface area contributed by atoms with Gasteiger partial charge in [0.1, 0.15) is 17.9 Å². The van der Waals surface area contributed by atoms with E-state index in [1.54, 1.807) is 10.8 Å². The van der Waals surface area contributed by atoms with Crippen molar-refractivity contribution in [3.8, 4) is 5.75 Å². The second kappa shape index (κ2) is 9.11. The lowest BCUT2D eigenvalue weighted by atomic mass is 9.95.